The molecule has 0 aromatic rings. The SMILES string of the molecule is O=C1OCCCCCCCCCCCCCOC1=O. The van der Waals surface area contributed by atoms with Crippen LogP contribution < -0.4 is 0 Å². The van der Waals surface area contributed by atoms with Gasteiger partial charge in [-0.25, -0.2) is 9.59 Å². The molecule has 19 heavy (non-hydrogen) atoms. The molecule has 1 saturated heterocycles. The number of carbonyl (C=O) groups is 2. The van der Waals surface area contributed by atoms with E-state index < -0.39 is 11.9 Å². The van der Waals surface area contributed by atoms with Crippen molar-refractivity contribution in [2.24, 2.45) is 0 Å². The van der Waals surface area contributed by atoms with Crippen LogP contribution in [0.25, 0.3) is 0 Å². The molecular weight excluding hydrogens is 244 g/mol. The van der Waals surface area contributed by atoms with Gasteiger partial charge in [-0.3, -0.25) is 0 Å². The van der Waals surface area contributed by atoms with E-state index in [1.165, 1.54) is 44.9 Å². The van der Waals surface area contributed by atoms with Gasteiger partial charge in [-0.15, -0.1) is 0 Å². The Balaban J connectivity index is 2.23. The zero-order valence-corrected chi connectivity index (χ0v) is 11.8. The van der Waals surface area contributed by atoms with Gasteiger partial charge in [0, 0.05) is 0 Å². The zero-order valence-electron chi connectivity index (χ0n) is 11.8. The van der Waals surface area contributed by atoms with E-state index in [-0.39, 0.29) is 0 Å². The standard InChI is InChI=1S/C15H26O4/c16-14-15(17)19-13-11-9-7-5-3-1-2-4-6-8-10-12-18-14/h1-13H2. The third-order valence-corrected chi connectivity index (χ3v) is 3.42. The molecule has 1 fully saturated rings. The van der Waals surface area contributed by atoms with Gasteiger partial charge in [-0.1, -0.05) is 57.8 Å². The smallest absolute Gasteiger partial charge is 0.417 e. The Bertz CT molecular complexity index is 237. The number of carbonyl (C=O) groups excluding carboxylic acids is 2. The second-order valence-electron chi connectivity index (χ2n) is 5.16. The molecule has 0 radical (unpaired) electrons. The van der Waals surface area contributed by atoms with Crippen LogP contribution in [0.15, 0.2) is 0 Å². The maximum Gasteiger partial charge on any atom is 0.417 e. The quantitative estimate of drug-likeness (QED) is 0.500. The molecule has 0 aromatic carbocycles. The van der Waals surface area contributed by atoms with Gasteiger partial charge in [0.1, 0.15) is 0 Å². The van der Waals surface area contributed by atoms with Crippen LogP contribution in [0.2, 0.25) is 0 Å². The van der Waals surface area contributed by atoms with Crippen LogP contribution in [-0.2, 0) is 19.1 Å². The molecule has 0 N–H and O–H groups in total. The first-order chi connectivity index (χ1) is 9.30. The topological polar surface area (TPSA) is 52.6 Å². The number of ether oxygens (including phenoxy) is 2. The molecule has 4 nitrogen and oxygen atoms in total. The fourth-order valence-electron chi connectivity index (χ4n) is 2.24. The van der Waals surface area contributed by atoms with Gasteiger partial charge < -0.3 is 9.47 Å². The highest BCUT2D eigenvalue weighted by Crippen LogP contribution is 2.11. The predicted molar refractivity (Wildman–Crippen MR) is 72.7 cm³/mol. The highest BCUT2D eigenvalue weighted by Gasteiger charge is 2.16. The van der Waals surface area contributed by atoms with Crippen molar-refractivity contribution >= 4 is 11.9 Å². The summed E-state index contributed by atoms with van der Waals surface area (Å²) in [7, 11) is 0. The molecule has 0 amide bonds. The summed E-state index contributed by atoms with van der Waals surface area (Å²) in [6.07, 6.45) is 12.6. The summed E-state index contributed by atoms with van der Waals surface area (Å²) in [4.78, 5) is 22.5. The molecule has 0 bridgehead atoms. The minimum absolute atomic E-state index is 0.327. The number of cyclic esters (lactones) is 2. The van der Waals surface area contributed by atoms with E-state index in [0.29, 0.717) is 13.2 Å². The van der Waals surface area contributed by atoms with Crippen molar-refractivity contribution in [2.45, 2.75) is 70.6 Å². The normalized spacial score (nSPS) is 22.1. The molecule has 0 aliphatic carbocycles. The molecule has 1 rings (SSSR count). The van der Waals surface area contributed by atoms with Crippen molar-refractivity contribution in [3.8, 4) is 0 Å². The fraction of sp³-hybridized carbons (Fsp3) is 0.867. The van der Waals surface area contributed by atoms with Crippen LogP contribution in [0.5, 0.6) is 0 Å². The Morgan fingerprint density at radius 2 is 0.737 bits per heavy atom. The van der Waals surface area contributed by atoms with Crippen molar-refractivity contribution in [3.63, 3.8) is 0 Å². The lowest BCUT2D eigenvalue weighted by Gasteiger charge is -2.05. The van der Waals surface area contributed by atoms with E-state index >= 15 is 0 Å². The van der Waals surface area contributed by atoms with Crippen LogP contribution in [-0.4, -0.2) is 25.2 Å². The molecule has 1 heterocycles. The molecular formula is C15H26O4. The Labute approximate surface area is 115 Å². The van der Waals surface area contributed by atoms with Crippen molar-refractivity contribution in [1.29, 1.82) is 0 Å². The second-order valence-corrected chi connectivity index (χ2v) is 5.16. The second kappa shape index (κ2) is 10.8. The van der Waals surface area contributed by atoms with Gasteiger partial charge in [0.05, 0.1) is 13.2 Å². The molecule has 110 valence electrons. The Morgan fingerprint density at radius 1 is 0.474 bits per heavy atom. The minimum atomic E-state index is -0.843. The molecule has 1 aliphatic heterocycles. The lowest BCUT2D eigenvalue weighted by atomic mass is 10.1. The van der Waals surface area contributed by atoms with Gasteiger partial charge in [-0.05, 0) is 12.8 Å². The van der Waals surface area contributed by atoms with E-state index in [1.54, 1.807) is 0 Å². The lowest BCUT2D eigenvalue weighted by Crippen LogP contribution is -2.21. The first-order valence-electron chi connectivity index (χ1n) is 7.64. The molecule has 0 aromatic heterocycles. The largest absolute Gasteiger partial charge is 0.457 e. The van der Waals surface area contributed by atoms with Crippen LogP contribution >= 0.6 is 0 Å². The van der Waals surface area contributed by atoms with Crippen LogP contribution in [0.3, 0.4) is 0 Å². The summed E-state index contributed by atoms with van der Waals surface area (Å²) in [5.41, 5.74) is 0. The fourth-order valence-corrected chi connectivity index (χ4v) is 2.24. The first-order valence-corrected chi connectivity index (χ1v) is 7.64. The maximum atomic E-state index is 11.3. The lowest BCUT2D eigenvalue weighted by molar-refractivity contribution is -0.167. The van der Waals surface area contributed by atoms with E-state index in [0.717, 1.165) is 25.7 Å². The molecule has 0 spiro atoms. The van der Waals surface area contributed by atoms with Gasteiger partial charge >= 0.3 is 11.9 Å². The van der Waals surface area contributed by atoms with Crippen LogP contribution in [0.1, 0.15) is 70.6 Å². The van der Waals surface area contributed by atoms with Gasteiger partial charge in [0.15, 0.2) is 0 Å². The minimum Gasteiger partial charge on any atom is -0.457 e. The monoisotopic (exact) mass is 270 g/mol. The molecule has 0 atom stereocenters. The van der Waals surface area contributed by atoms with E-state index in [4.69, 9.17) is 9.47 Å². The third-order valence-electron chi connectivity index (χ3n) is 3.42. The van der Waals surface area contributed by atoms with E-state index in [2.05, 4.69) is 0 Å². The third kappa shape index (κ3) is 8.62. The summed E-state index contributed by atoms with van der Waals surface area (Å²) in [6, 6.07) is 0. The van der Waals surface area contributed by atoms with Crippen molar-refractivity contribution in [1.82, 2.24) is 0 Å². The summed E-state index contributed by atoms with van der Waals surface area (Å²) in [6.45, 7) is 0.655. The van der Waals surface area contributed by atoms with Crippen molar-refractivity contribution in [2.75, 3.05) is 13.2 Å². The Hall–Kier alpha value is -1.06. The van der Waals surface area contributed by atoms with Gasteiger partial charge in [-0.2, -0.15) is 0 Å². The summed E-state index contributed by atoms with van der Waals surface area (Å²) < 4.78 is 9.73. The zero-order chi connectivity index (χ0) is 13.8. The Morgan fingerprint density at radius 3 is 1.05 bits per heavy atom. The molecule has 0 saturated carbocycles. The highest BCUT2D eigenvalue weighted by atomic mass is 16.6. The molecule has 4 heteroatoms. The number of hydrogen-bond donors (Lipinski definition) is 0. The van der Waals surface area contributed by atoms with E-state index in [9.17, 15) is 9.59 Å². The average molecular weight is 270 g/mol. The number of rotatable bonds is 0. The van der Waals surface area contributed by atoms with Gasteiger partial charge in [0.25, 0.3) is 0 Å². The van der Waals surface area contributed by atoms with Crippen molar-refractivity contribution < 1.29 is 19.1 Å². The average Bonchev–Trinajstić information content (AvgIpc) is 2.41. The Kier molecular flexibility index (Phi) is 9.11. The molecule has 1 aliphatic rings. The van der Waals surface area contributed by atoms with E-state index in [1.807, 2.05) is 0 Å². The highest BCUT2D eigenvalue weighted by molar-refractivity contribution is 6.29. The number of esters is 2. The van der Waals surface area contributed by atoms with Crippen LogP contribution in [0.4, 0.5) is 0 Å². The summed E-state index contributed by atoms with van der Waals surface area (Å²) in [5, 5.41) is 0. The summed E-state index contributed by atoms with van der Waals surface area (Å²) >= 11 is 0. The first kappa shape index (κ1) is 16.0. The van der Waals surface area contributed by atoms with Gasteiger partial charge in [0.2, 0.25) is 0 Å². The van der Waals surface area contributed by atoms with Crippen LogP contribution in [0, 0.1) is 0 Å². The summed E-state index contributed by atoms with van der Waals surface area (Å²) in [5.74, 6) is -1.69. The maximum absolute atomic E-state index is 11.3. The predicted octanol–water partition coefficient (Wildman–Crippen LogP) is 3.38. The van der Waals surface area contributed by atoms with Crippen molar-refractivity contribution in [3.05, 3.63) is 0 Å². The molecule has 0 unspecified atom stereocenters. The number of hydrogen-bond acceptors (Lipinski definition) is 4.